The number of halogens is 2. The van der Waals surface area contributed by atoms with Crippen molar-refractivity contribution in [2.75, 3.05) is 6.61 Å². The van der Waals surface area contributed by atoms with Gasteiger partial charge in [0.2, 0.25) is 6.29 Å². The average molecular weight is 427 g/mol. The summed E-state index contributed by atoms with van der Waals surface area (Å²) in [7, 11) is 0. The Morgan fingerprint density at radius 3 is 2.39 bits per heavy atom. The summed E-state index contributed by atoms with van der Waals surface area (Å²) in [5.74, 6) is 0.392. The fraction of sp³-hybridized carbons (Fsp3) is 0.300. The molecule has 0 aromatic heterocycles. The normalized spacial score (nSPS) is 27.9. The highest BCUT2D eigenvalue weighted by molar-refractivity contribution is 6.42. The molecule has 4 N–H and O–H groups in total. The molecule has 0 saturated carbocycles. The molecule has 0 aliphatic carbocycles. The zero-order chi connectivity index (χ0) is 20.3. The van der Waals surface area contributed by atoms with Crippen LogP contribution in [0.25, 0.3) is 12.2 Å². The first-order chi connectivity index (χ1) is 13.4. The molecule has 8 heteroatoms. The zero-order valence-corrected chi connectivity index (χ0v) is 16.2. The summed E-state index contributed by atoms with van der Waals surface area (Å²) in [6.45, 7) is -0.524. The summed E-state index contributed by atoms with van der Waals surface area (Å²) in [6, 6.07) is 12.3. The molecule has 3 rings (SSSR count). The molecule has 1 fully saturated rings. The Hall–Kier alpha value is -1.64. The molecule has 6 nitrogen and oxygen atoms in total. The first-order valence-corrected chi connectivity index (χ1v) is 9.35. The van der Waals surface area contributed by atoms with Crippen molar-refractivity contribution in [3.63, 3.8) is 0 Å². The predicted octanol–water partition coefficient (Wildman–Crippen LogP) is 2.34. The molecule has 0 spiro atoms. The summed E-state index contributed by atoms with van der Waals surface area (Å²) < 4.78 is 11.1. The molecule has 0 bridgehead atoms. The van der Waals surface area contributed by atoms with Crippen molar-refractivity contribution in [1.29, 1.82) is 0 Å². The first-order valence-electron chi connectivity index (χ1n) is 8.60. The second kappa shape index (κ2) is 9.24. The van der Waals surface area contributed by atoms with Crippen LogP contribution in [0.1, 0.15) is 11.1 Å². The van der Waals surface area contributed by atoms with Gasteiger partial charge in [0, 0.05) is 5.56 Å². The molecule has 0 radical (unpaired) electrons. The molecule has 150 valence electrons. The molecule has 1 aliphatic heterocycles. The fourth-order valence-electron chi connectivity index (χ4n) is 2.82. The highest BCUT2D eigenvalue weighted by Gasteiger charge is 2.44. The van der Waals surface area contributed by atoms with E-state index in [1.54, 1.807) is 36.4 Å². The van der Waals surface area contributed by atoms with Crippen molar-refractivity contribution in [3.8, 4) is 5.75 Å². The molecule has 1 aliphatic rings. The molecule has 1 heterocycles. The maximum atomic E-state index is 10.2. The van der Waals surface area contributed by atoms with Gasteiger partial charge in [-0.05, 0) is 23.8 Å². The number of aliphatic hydroxyl groups excluding tert-OH is 4. The SMILES string of the molecule is OC[C@H]1O[C@@H](Oc2ccccc2/C=C/c2ccc(Cl)c(Cl)c2)[C@H](O)[C@@H](O)[C@@H]1O. The van der Waals surface area contributed by atoms with Crippen LogP contribution in [0.3, 0.4) is 0 Å². The van der Waals surface area contributed by atoms with E-state index >= 15 is 0 Å². The summed E-state index contributed by atoms with van der Waals surface area (Å²) >= 11 is 11.9. The van der Waals surface area contributed by atoms with Crippen LogP contribution < -0.4 is 4.74 Å². The number of hydrogen-bond acceptors (Lipinski definition) is 6. The molecule has 0 amide bonds. The van der Waals surface area contributed by atoms with Crippen molar-refractivity contribution in [1.82, 2.24) is 0 Å². The quantitative estimate of drug-likeness (QED) is 0.547. The van der Waals surface area contributed by atoms with Gasteiger partial charge in [-0.3, -0.25) is 0 Å². The Labute approximate surface area is 172 Å². The summed E-state index contributed by atoms with van der Waals surface area (Å²) in [5.41, 5.74) is 1.52. The maximum Gasteiger partial charge on any atom is 0.229 e. The minimum atomic E-state index is -1.50. The van der Waals surface area contributed by atoms with Crippen molar-refractivity contribution in [2.24, 2.45) is 0 Å². The van der Waals surface area contributed by atoms with E-state index in [-0.39, 0.29) is 0 Å². The standard InChI is InChI=1S/C20H20Cl2O6/c21-13-8-6-11(9-14(13)22)5-7-12-3-1-2-4-15(12)27-20-19(26)18(25)17(24)16(10-23)28-20/h1-9,16-20,23-26H,10H2/b7-5+/t16-,17-,18+,19-,20-/m1/s1. The van der Waals surface area contributed by atoms with Gasteiger partial charge >= 0.3 is 0 Å². The molecular formula is C20H20Cl2O6. The van der Waals surface area contributed by atoms with Crippen molar-refractivity contribution < 1.29 is 29.9 Å². The summed E-state index contributed by atoms with van der Waals surface area (Å²) in [6.07, 6.45) is -3.11. The van der Waals surface area contributed by atoms with E-state index in [2.05, 4.69) is 0 Å². The lowest BCUT2D eigenvalue weighted by molar-refractivity contribution is -0.277. The third kappa shape index (κ3) is 4.67. The van der Waals surface area contributed by atoms with Crippen LogP contribution in [0, 0.1) is 0 Å². The van der Waals surface area contributed by atoms with Crippen LogP contribution >= 0.6 is 23.2 Å². The van der Waals surface area contributed by atoms with Gasteiger partial charge in [0.1, 0.15) is 30.2 Å². The largest absolute Gasteiger partial charge is 0.461 e. The molecular weight excluding hydrogens is 407 g/mol. The number of ether oxygens (including phenoxy) is 2. The summed E-state index contributed by atoms with van der Waals surface area (Å²) in [5, 5.41) is 40.1. The highest BCUT2D eigenvalue weighted by atomic mass is 35.5. The minimum Gasteiger partial charge on any atom is -0.461 e. The Kier molecular flexibility index (Phi) is 6.95. The van der Waals surface area contributed by atoms with Crippen molar-refractivity contribution in [3.05, 3.63) is 63.6 Å². The van der Waals surface area contributed by atoms with Gasteiger partial charge in [-0.25, -0.2) is 0 Å². The number of para-hydroxylation sites is 1. The lowest BCUT2D eigenvalue weighted by Crippen LogP contribution is -2.60. The van der Waals surface area contributed by atoms with E-state index in [1.165, 1.54) is 0 Å². The van der Waals surface area contributed by atoms with Crippen LogP contribution in [0.15, 0.2) is 42.5 Å². The van der Waals surface area contributed by atoms with Crippen LogP contribution in [0.4, 0.5) is 0 Å². The van der Waals surface area contributed by atoms with E-state index in [0.29, 0.717) is 21.4 Å². The molecule has 28 heavy (non-hydrogen) atoms. The Balaban J connectivity index is 1.80. The van der Waals surface area contributed by atoms with Crippen molar-refractivity contribution in [2.45, 2.75) is 30.7 Å². The Morgan fingerprint density at radius 1 is 0.929 bits per heavy atom. The van der Waals surface area contributed by atoms with Gasteiger partial charge in [-0.15, -0.1) is 0 Å². The smallest absolute Gasteiger partial charge is 0.229 e. The van der Waals surface area contributed by atoms with Gasteiger partial charge in [-0.1, -0.05) is 59.6 Å². The van der Waals surface area contributed by atoms with E-state index < -0.39 is 37.3 Å². The van der Waals surface area contributed by atoms with Gasteiger partial charge in [0.05, 0.1) is 16.7 Å². The highest BCUT2D eigenvalue weighted by Crippen LogP contribution is 2.28. The molecule has 2 aromatic rings. The van der Waals surface area contributed by atoms with E-state index in [0.717, 1.165) is 5.56 Å². The second-order valence-corrected chi connectivity index (χ2v) is 7.17. The van der Waals surface area contributed by atoms with Crippen LogP contribution in [-0.2, 0) is 4.74 Å². The third-order valence-corrected chi connectivity index (χ3v) is 5.15. The molecule has 0 unspecified atom stereocenters. The third-order valence-electron chi connectivity index (χ3n) is 4.41. The molecule has 5 atom stereocenters. The van der Waals surface area contributed by atoms with Gasteiger partial charge < -0.3 is 29.9 Å². The topological polar surface area (TPSA) is 99.4 Å². The van der Waals surface area contributed by atoms with E-state index in [9.17, 15) is 20.4 Å². The molecule has 2 aromatic carbocycles. The van der Waals surface area contributed by atoms with Gasteiger partial charge in [-0.2, -0.15) is 0 Å². The fourth-order valence-corrected chi connectivity index (χ4v) is 3.12. The van der Waals surface area contributed by atoms with Crippen LogP contribution in [-0.4, -0.2) is 57.7 Å². The monoisotopic (exact) mass is 426 g/mol. The number of hydrogen-bond donors (Lipinski definition) is 4. The molecule has 1 saturated heterocycles. The van der Waals surface area contributed by atoms with Gasteiger partial charge in [0.15, 0.2) is 0 Å². The number of aliphatic hydroxyl groups is 4. The van der Waals surface area contributed by atoms with Gasteiger partial charge in [0.25, 0.3) is 0 Å². The Bertz CT molecular complexity index is 841. The minimum absolute atomic E-state index is 0.392. The maximum absolute atomic E-state index is 10.2. The first kappa shape index (κ1) is 21.1. The van der Waals surface area contributed by atoms with Crippen LogP contribution in [0.2, 0.25) is 10.0 Å². The number of benzene rings is 2. The number of rotatable bonds is 5. The summed E-state index contributed by atoms with van der Waals surface area (Å²) in [4.78, 5) is 0. The lowest BCUT2D eigenvalue weighted by Gasteiger charge is -2.39. The van der Waals surface area contributed by atoms with Crippen LogP contribution in [0.5, 0.6) is 5.75 Å². The van der Waals surface area contributed by atoms with Crippen molar-refractivity contribution >= 4 is 35.4 Å². The lowest BCUT2D eigenvalue weighted by atomic mass is 9.99. The zero-order valence-electron chi connectivity index (χ0n) is 14.7. The van der Waals surface area contributed by atoms with E-state index in [4.69, 9.17) is 32.7 Å². The average Bonchev–Trinajstić information content (AvgIpc) is 2.70. The predicted molar refractivity (Wildman–Crippen MR) is 106 cm³/mol. The second-order valence-electron chi connectivity index (χ2n) is 6.36. The Morgan fingerprint density at radius 2 is 1.68 bits per heavy atom. The van der Waals surface area contributed by atoms with E-state index in [1.807, 2.05) is 18.2 Å².